The van der Waals surface area contributed by atoms with Gasteiger partial charge in [0.1, 0.15) is 0 Å². The van der Waals surface area contributed by atoms with Gasteiger partial charge >= 0.3 is 0 Å². The van der Waals surface area contributed by atoms with Gasteiger partial charge in [-0.1, -0.05) is 6.08 Å². The van der Waals surface area contributed by atoms with Gasteiger partial charge in [-0.25, -0.2) is 0 Å². The average Bonchev–Trinajstić information content (AvgIpc) is 2.83. The second-order valence-electron chi connectivity index (χ2n) is 3.20. The minimum atomic E-state index is -0.141. The molecule has 0 atom stereocenters. The van der Waals surface area contributed by atoms with E-state index in [4.69, 9.17) is 5.73 Å². The van der Waals surface area contributed by atoms with Gasteiger partial charge in [0, 0.05) is 6.54 Å². The monoisotopic (exact) mass is 168 g/mol. The number of allylic oxidation sites excluding steroid dienone is 1. The Morgan fingerprint density at radius 3 is 2.83 bits per heavy atom. The van der Waals surface area contributed by atoms with Gasteiger partial charge in [-0.3, -0.25) is 4.79 Å². The smallest absolute Gasteiger partial charge is 0.266 e. The number of rotatable bonds is 4. The predicted molar refractivity (Wildman–Crippen MR) is 48.3 cm³/mol. The van der Waals surface area contributed by atoms with E-state index in [-0.39, 0.29) is 5.91 Å². The maximum atomic E-state index is 11.1. The molecular weight excluding hydrogens is 152 g/mol. The van der Waals surface area contributed by atoms with E-state index >= 15 is 0 Å². The summed E-state index contributed by atoms with van der Waals surface area (Å²) in [7, 11) is 0. The summed E-state index contributed by atoms with van der Waals surface area (Å²) in [6, 6.07) is 0. The highest BCUT2D eigenvalue weighted by Gasteiger charge is 2.19. The normalized spacial score (nSPS) is 17.6. The van der Waals surface area contributed by atoms with Crippen molar-refractivity contribution in [2.24, 2.45) is 11.7 Å². The first-order valence-electron chi connectivity index (χ1n) is 4.48. The lowest BCUT2D eigenvalue weighted by Gasteiger charge is -2.00. The molecule has 0 unspecified atom stereocenters. The zero-order chi connectivity index (χ0) is 8.97. The van der Waals surface area contributed by atoms with Crippen molar-refractivity contribution in [2.75, 3.05) is 6.54 Å². The van der Waals surface area contributed by atoms with Gasteiger partial charge in [0.15, 0.2) is 0 Å². The van der Waals surface area contributed by atoms with Crippen molar-refractivity contribution in [3.05, 3.63) is 11.8 Å². The van der Waals surface area contributed by atoms with E-state index < -0.39 is 0 Å². The summed E-state index contributed by atoms with van der Waals surface area (Å²) in [5.41, 5.74) is 5.89. The topological polar surface area (TPSA) is 55.1 Å². The van der Waals surface area contributed by atoms with Crippen molar-refractivity contribution < 1.29 is 4.79 Å². The van der Waals surface area contributed by atoms with E-state index in [1.807, 2.05) is 13.0 Å². The average molecular weight is 168 g/mol. The van der Waals surface area contributed by atoms with Crippen molar-refractivity contribution >= 4 is 5.91 Å². The second kappa shape index (κ2) is 4.14. The number of carbonyl (C=O) groups is 1. The molecule has 1 fully saturated rings. The van der Waals surface area contributed by atoms with Gasteiger partial charge in [-0.05, 0) is 32.1 Å². The third-order valence-corrected chi connectivity index (χ3v) is 1.97. The Morgan fingerprint density at radius 2 is 2.33 bits per heavy atom. The number of likely N-dealkylation sites (N-methyl/N-ethyl adjacent to an activating group) is 1. The molecule has 0 aromatic carbocycles. The van der Waals surface area contributed by atoms with Gasteiger partial charge in [0.2, 0.25) is 0 Å². The molecule has 0 aromatic heterocycles. The van der Waals surface area contributed by atoms with Crippen LogP contribution in [-0.4, -0.2) is 12.5 Å². The standard InChI is InChI=1S/C9H16N2O/c1-2-11-9(12)8(10)6-5-7-3-4-7/h6-7H,2-5,10H2,1H3,(H,11,12)/b8-6-. The van der Waals surface area contributed by atoms with E-state index in [1.165, 1.54) is 12.8 Å². The number of hydrogen-bond donors (Lipinski definition) is 2. The molecule has 1 saturated carbocycles. The van der Waals surface area contributed by atoms with Crippen LogP contribution in [0.1, 0.15) is 26.2 Å². The first kappa shape index (κ1) is 9.10. The van der Waals surface area contributed by atoms with E-state index in [0.717, 1.165) is 12.3 Å². The Bertz CT molecular complexity index is 195. The van der Waals surface area contributed by atoms with Crippen LogP contribution in [0.3, 0.4) is 0 Å². The first-order valence-corrected chi connectivity index (χ1v) is 4.48. The summed E-state index contributed by atoms with van der Waals surface area (Å²) in [4.78, 5) is 11.1. The molecule has 0 heterocycles. The molecule has 1 aliphatic rings. The molecule has 3 N–H and O–H groups in total. The predicted octanol–water partition coefficient (Wildman–Crippen LogP) is 0.765. The third-order valence-electron chi connectivity index (χ3n) is 1.97. The van der Waals surface area contributed by atoms with Crippen molar-refractivity contribution in [1.82, 2.24) is 5.32 Å². The molecule has 1 amide bonds. The van der Waals surface area contributed by atoms with E-state index in [0.29, 0.717) is 12.2 Å². The quantitative estimate of drug-likeness (QED) is 0.609. The highest BCUT2D eigenvalue weighted by Crippen LogP contribution is 2.32. The lowest BCUT2D eigenvalue weighted by molar-refractivity contribution is -0.117. The molecule has 68 valence electrons. The van der Waals surface area contributed by atoms with Gasteiger partial charge in [-0.2, -0.15) is 0 Å². The first-order chi connectivity index (χ1) is 5.74. The van der Waals surface area contributed by atoms with Crippen LogP contribution >= 0.6 is 0 Å². The number of nitrogens with one attached hydrogen (secondary N) is 1. The molecule has 0 bridgehead atoms. The molecule has 0 aliphatic heterocycles. The van der Waals surface area contributed by atoms with Crippen LogP contribution < -0.4 is 11.1 Å². The zero-order valence-corrected chi connectivity index (χ0v) is 7.47. The minimum Gasteiger partial charge on any atom is -0.395 e. The van der Waals surface area contributed by atoms with Crippen LogP contribution in [0.4, 0.5) is 0 Å². The fraction of sp³-hybridized carbons (Fsp3) is 0.667. The SMILES string of the molecule is CCNC(=O)/C(N)=C/CC1CC1. The Hall–Kier alpha value is -0.990. The lowest BCUT2D eigenvalue weighted by atomic mass is 10.2. The van der Waals surface area contributed by atoms with E-state index in [2.05, 4.69) is 5.32 Å². The molecular formula is C9H16N2O. The van der Waals surface area contributed by atoms with Crippen LogP contribution in [0.5, 0.6) is 0 Å². The largest absolute Gasteiger partial charge is 0.395 e. The van der Waals surface area contributed by atoms with Crippen LogP contribution in [0.15, 0.2) is 11.8 Å². The van der Waals surface area contributed by atoms with Gasteiger partial charge in [0.05, 0.1) is 5.70 Å². The minimum absolute atomic E-state index is 0.141. The zero-order valence-electron chi connectivity index (χ0n) is 7.47. The highest BCUT2D eigenvalue weighted by atomic mass is 16.1. The second-order valence-corrected chi connectivity index (χ2v) is 3.20. The number of amides is 1. The third kappa shape index (κ3) is 2.95. The molecule has 3 nitrogen and oxygen atoms in total. The molecule has 1 aliphatic carbocycles. The van der Waals surface area contributed by atoms with Crippen LogP contribution in [0, 0.1) is 5.92 Å². The molecule has 0 radical (unpaired) electrons. The van der Waals surface area contributed by atoms with E-state index in [9.17, 15) is 4.79 Å². The Morgan fingerprint density at radius 1 is 1.67 bits per heavy atom. The summed E-state index contributed by atoms with van der Waals surface area (Å²) in [5.74, 6) is 0.649. The van der Waals surface area contributed by atoms with Crippen LogP contribution in [0.2, 0.25) is 0 Å². The maximum Gasteiger partial charge on any atom is 0.266 e. The number of hydrogen-bond acceptors (Lipinski definition) is 2. The fourth-order valence-electron chi connectivity index (χ4n) is 1.00. The van der Waals surface area contributed by atoms with Crippen molar-refractivity contribution in [3.63, 3.8) is 0 Å². The summed E-state index contributed by atoms with van der Waals surface area (Å²) in [5, 5.41) is 2.66. The summed E-state index contributed by atoms with van der Waals surface area (Å²) >= 11 is 0. The molecule has 3 heteroatoms. The molecule has 12 heavy (non-hydrogen) atoms. The Balaban J connectivity index is 2.27. The van der Waals surface area contributed by atoms with Crippen molar-refractivity contribution in [1.29, 1.82) is 0 Å². The van der Waals surface area contributed by atoms with Crippen molar-refractivity contribution in [2.45, 2.75) is 26.2 Å². The number of carbonyl (C=O) groups excluding carboxylic acids is 1. The summed E-state index contributed by atoms with van der Waals surface area (Å²) in [6.45, 7) is 2.52. The highest BCUT2D eigenvalue weighted by molar-refractivity contribution is 5.92. The fourth-order valence-corrected chi connectivity index (χ4v) is 1.00. The van der Waals surface area contributed by atoms with Gasteiger partial charge in [-0.15, -0.1) is 0 Å². The van der Waals surface area contributed by atoms with E-state index in [1.54, 1.807) is 0 Å². The van der Waals surface area contributed by atoms with Crippen LogP contribution in [-0.2, 0) is 4.79 Å². The van der Waals surface area contributed by atoms with Gasteiger partial charge < -0.3 is 11.1 Å². The maximum absolute atomic E-state index is 11.1. The molecule has 1 rings (SSSR count). The van der Waals surface area contributed by atoms with Crippen molar-refractivity contribution in [3.8, 4) is 0 Å². The summed E-state index contributed by atoms with van der Waals surface area (Å²) < 4.78 is 0. The lowest BCUT2D eigenvalue weighted by Crippen LogP contribution is -2.28. The Kier molecular flexibility index (Phi) is 3.14. The molecule has 0 spiro atoms. The molecule has 0 aromatic rings. The van der Waals surface area contributed by atoms with Crippen LogP contribution in [0.25, 0.3) is 0 Å². The molecule has 0 saturated heterocycles. The Labute approximate surface area is 73.0 Å². The van der Waals surface area contributed by atoms with Gasteiger partial charge in [0.25, 0.3) is 5.91 Å². The summed E-state index contributed by atoms with van der Waals surface area (Å²) in [6.07, 6.45) is 5.38. The number of nitrogens with two attached hydrogens (primary N) is 1.